The van der Waals surface area contributed by atoms with Crippen molar-refractivity contribution >= 4 is 37.1 Å². The van der Waals surface area contributed by atoms with E-state index in [1.54, 1.807) is 0 Å². The summed E-state index contributed by atoms with van der Waals surface area (Å²) in [4.78, 5) is 11.5. The molecule has 0 saturated carbocycles. The van der Waals surface area contributed by atoms with Gasteiger partial charge in [-0.05, 0) is 0 Å². The van der Waals surface area contributed by atoms with Crippen LogP contribution >= 0.6 is 0 Å². The summed E-state index contributed by atoms with van der Waals surface area (Å²) in [5, 5.41) is 39.8. The first-order valence-electron chi connectivity index (χ1n) is 9.03. The molecule has 0 aromatic heterocycles. The number of aliphatic carboxylic acids is 1. The number of rotatable bonds is 10. The Morgan fingerprint density at radius 2 is 1.54 bits per heavy atom. The van der Waals surface area contributed by atoms with Crippen molar-refractivity contribution in [2.45, 2.75) is 61.7 Å². The molecule has 9 atom stereocenters. The number of ether oxygens (including phenoxy) is 3. The van der Waals surface area contributed by atoms with Gasteiger partial charge < -0.3 is 34.6 Å². The number of nitrogens with one attached hydrogen (secondary N) is 1. The Labute approximate surface area is 197 Å². The molecule has 4 unspecified atom stereocenters. The molecule has 2 saturated heterocycles. The van der Waals surface area contributed by atoms with Crippen LogP contribution in [0.2, 0.25) is 0 Å². The maximum absolute atomic E-state index is 11.5. The van der Waals surface area contributed by atoms with Gasteiger partial charge in [-0.25, -0.2) is 13.2 Å². The fraction of sp³-hybridized carbons (Fsp3) is 0.917. The summed E-state index contributed by atoms with van der Waals surface area (Å²) in [5.41, 5.74) is 0. The van der Waals surface area contributed by atoms with Crippen LogP contribution < -0.4 is 4.72 Å². The maximum Gasteiger partial charge on any atom is 0.397 e. The van der Waals surface area contributed by atoms with Gasteiger partial charge in [0, 0.05) is 6.42 Å². The second kappa shape index (κ2) is 11.1. The van der Waals surface area contributed by atoms with Crippen LogP contribution in [0.25, 0.3) is 0 Å². The minimum atomic E-state index is -5.35. The molecular formula is C12H21NO19S3. The van der Waals surface area contributed by atoms with E-state index < -0.39 is 105 Å². The molecule has 20 nitrogen and oxygen atoms in total. The van der Waals surface area contributed by atoms with E-state index in [0.717, 1.165) is 0 Å². The van der Waals surface area contributed by atoms with Crippen LogP contribution in [0.4, 0.5) is 0 Å². The predicted octanol–water partition coefficient (Wildman–Crippen LogP) is -5.22. The van der Waals surface area contributed by atoms with Crippen LogP contribution in [0.5, 0.6) is 0 Å². The lowest BCUT2D eigenvalue weighted by Gasteiger charge is -2.44. The molecule has 35 heavy (non-hydrogen) atoms. The van der Waals surface area contributed by atoms with Crippen molar-refractivity contribution in [2.24, 2.45) is 0 Å². The van der Waals surface area contributed by atoms with Crippen molar-refractivity contribution in [3.05, 3.63) is 0 Å². The fourth-order valence-electron chi connectivity index (χ4n) is 3.21. The number of aliphatic hydroxyl groups is 3. The summed E-state index contributed by atoms with van der Waals surface area (Å²) in [6.45, 7) is -0.979. The van der Waals surface area contributed by atoms with Crippen LogP contribution in [-0.4, -0.2) is 127 Å². The first kappa shape index (κ1) is 30.1. The van der Waals surface area contributed by atoms with Crippen LogP contribution in [0.1, 0.15) is 6.42 Å². The third-order valence-electron chi connectivity index (χ3n) is 4.53. The summed E-state index contributed by atoms with van der Waals surface area (Å²) >= 11 is 0. The highest BCUT2D eigenvalue weighted by Gasteiger charge is 2.53. The van der Waals surface area contributed by atoms with E-state index >= 15 is 0 Å². The Balaban J connectivity index is 2.38. The topological polar surface area (TPSA) is 319 Å². The molecule has 0 aromatic rings. The second-order valence-electron chi connectivity index (χ2n) is 7.13. The van der Waals surface area contributed by atoms with E-state index in [2.05, 4.69) is 13.1 Å². The van der Waals surface area contributed by atoms with E-state index in [9.17, 15) is 50.5 Å². The smallest absolute Gasteiger partial charge is 0.397 e. The highest BCUT2D eigenvalue weighted by molar-refractivity contribution is 7.83. The Bertz CT molecular complexity index is 1070. The van der Waals surface area contributed by atoms with Gasteiger partial charge in [0.15, 0.2) is 24.8 Å². The summed E-state index contributed by atoms with van der Waals surface area (Å²) in [7, 11) is -15.5. The highest BCUT2D eigenvalue weighted by atomic mass is 32.3. The number of hydrogen-bond acceptors (Lipinski definition) is 15. The Hall–Kier alpha value is -1.16. The second-order valence-corrected chi connectivity index (χ2v) is 10.5. The molecule has 0 amide bonds. The van der Waals surface area contributed by atoms with Gasteiger partial charge in [0.2, 0.25) is 0 Å². The molecular weight excluding hydrogens is 558 g/mol. The third kappa shape index (κ3) is 9.02. The average molecular weight is 579 g/mol. The summed E-state index contributed by atoms with van der Waals surface area (Å²) in [6, 6.07) is -1.96. The zero-order chi connectivity index (χ0) is 26.9. The first-order valence-corrected chi connectivity index (χ1v) is 13.2. The predicted molar refractivity (Wildman–Crippen MR) is 101 cm³/mol. The number of carboxylic acids is 1. The molecule has 206 valence electrons. The number of aliphatic hydroxyl groups excluding tert-OH is 3. The molecule has 8 N–H and O–H groups in total. The molecule has 2 aliphatic heterocycles. The van der Waals surface area contributed by atoms with Gasteiger partial charge in [-0.3, -0.25) is 13.7 Å². The standard InChI is InChI=1S/C12H21NO19S3/c14-4-1-3(2-28-34(22,23)24)29-12(5(4)13-33(19,20)21)31-7-6(15)8(32-35(25,26)27)11(18)30-9(7)10(16)17/h3-9,11-15,18H,1-2H2,(H,16,17)(H,19,20,21)(H,22,23,24)(H,25,26,27)/t3?,4-,5?,6-,7-,8?,9?,11-,12+/m1/s1. The van der Waals surface area contributed by atoms with Crippen molar-refractivity contribution in [3.63, 3.8) is 0 Å². The van der Waals surface area contributed by atoms with Crippen LogP contribution in [0, 0.1) is 0 Å². The molecule has 2 fully saturated rings. The number of carbonyl (C=O) groups is 1. The first-order chi connectivity index (χ1) is 15.8. The molecule has 2 aliphatic rings. The largest absolute Gasteiger partial charge is 0.479 e. The van der Waals surface area contributed by atoms with E-state index in [1.807, 2.05) is 0 Å². The van der Waals surface area contributed by atoms with E-state index in [-0.39, 0.29) is 0 Å². The molecule has 2 rings (SSSR count). The van der Waals surface area contributed by atoms with Crippen molar-refractivity contribution in [3.8, 4) is 0 Å². The van der Waals surface area contributed by atoms with Crippen molar-refractivity contribution in [1.82, 2.24) is 4.72 Å². The van der Waals surface area contributed by atoms with Crippen molar-refractivity contribution < 1.29 is 86.7 Å². The molecule has 0 bridgehead atoms. The van der Waals surface area contributed by atoms with Crippen LogP contribution in [0.3, 0.4) is 0 Å². The lowest BCUT2D eigenvalue weighted by atomic mass is 9.97. The lowest BCUT2D eigenvalue weighted by Crippen LogP contribution is -2.65. The van der Waals surface area contributed by atoms with Crippen LogP contribution in [-0.2, 0) is 58.5 Å². The SMILES string of the molecule is O=C(O)C1O[C@@H](O)C(OS(=O)(=O)O)[C@H](O)[C@H]1O[C@@H]1OC(COS(=O)(=O)O)C[C@@H](O)C1NS(=O)(=O)O. The number of hydrogen-bond donors (Lipinski definition) is 8. The average Bonchev–Trinajstić information content (AvgIpc) is 2.65. The van der Waals surface area contributed by atoms with Crippen LogP contribution in [0.15, 0.2) is 0 Å². The van der Waals surface area contributed by atoms with Gasteiger partial charge in [-0.1, -0.05) is 0 Å². The molecule has 23 heteroatoms. The monoisotopic (exact) mass is 579 g/mol. The Morgan fingerprint density at radius 3 is 2.03 bits per heavy atom. The minimum absolute atomic E-state index is 0.595. The van der Waals surface area contributed by atoms with Gasteiger partial charge in [-0.2, -0.15) is 30.0 Å². The Kier molecular flexibility index (Phi) is 9.51. The summed E-state index contributed by atoms with van der Waals surface area (Å²) in [5.74, 6) is -1.92. The molecule has 0 aliphatic carbocycles. The normalized spacial score (nSPS) is 37.1. The quantitative estimate of drug-likeness (QED) is 0.112. The van der Waals surface area contributed by atoms with Crippen molar-refractivity contribution in [1.29, 1.82) is 0 Å². The van der Waals surface area contributed by atoms with Gasteiger partial charge >= 0.3 is 37.1 Å². The molecule has 0 aromatic carbocycles. The van der Waals surface area contributed by atoms with Gasteiger partial charge in [0.25, 0.3) is 0 Å². The minimum Gasteiger partial charge on any atom is -0.479 e. The van der Waals surface area contributed by atoms with Gasteiger partial charge in [0.05, 0.1) is 18.8 Å². The molecule has 0 radical (unpaired) electrons. The highest BCUT2D eigenvalue weighted by Crippen LogP contribution is 2.30. The summed E-state index contributed by atoms with van der Waals surface area (Å²) < 4.78 is 117. The van der Waals surface area contributed by atoms with Crippen molar-refractivity contribution in [2.75, 3.05) is 6.61 Å². The van der Waals surface area contributed by atoms with E-state index in [1.165, 1.54) is 4.72 Å². The van der Waals surface area contributed by atoms with Gasteiger partial charge in [0.1, 0.15) is 18.2 Å². The van der Waals surface area contributed by atoms with E-state index in [4.69, 9.17) is 23.1 Å². The molecule has 2 heterocycles. The third-order valence-corrected chi connectivity index (χ3v) is 6.00. The van der Waals surface area contributed by atoms with Gasteiger partial charge in [-0.15, -0.1) is 0 Å². The lowest BCUT2D eigenvalue weighted by molar-refractivity contribution is -0.322. The fourth-order valence-corrected chi connectivity index (χ4v) is 4.63. The summed E-state index contributed by atoms with van der Waals surface area (Å²) in [6.07, 6.45) is -18.0. The molecule has 0 spiro atoms. The zero-order valence-corrected chi connectivity index (χ0v) is 19.3. The number of carboxylic acid groups (broad SMARTS) is 1. The Morgan fingerprint density at radius 1 is 0.943 bits per heavy atom. The van der Waals surface area contributed by atoms with E-state index in [0.29, 0.717) is 0 Å². The maximum atomic E-state index is 11.5. The zero-order valence-electron chi connectivity index (χ0n) is 16.9.